The summed E-state index contributed by atoms with van der Waals surface area (Å²) in [7, 11) is 0. The molecule has 23 heavy (non-hydrogen) atoms. The lowest BCUT2D eigenvalue weighted by atomic mass is 10.2. The lowest BCUT2D eigenvalue weighted by Crippen LogP contribution is -2.14. The summed E-state index contributed by atoms with van der Waals surface area (Å²) in [5.74, 6) is 0.938. The first-order chi connectivity index (χ1) is 11.2. The lowest BCUT2D eigenvalue weighted by Gasteiger charge is -2.10. The minimum atomic E-state index is -0.477. The van der Waals surface area contributed by atoms with Crippen LogP contribution >= 0.6 is 0 Å². The number of hydrogen-bond acceptors (Lipinski definition) is 6. The lowest BCUT2D eigenvalue weighted by molar-refractivity contribution is 0.492. The van der Waals surface area contributed by atoms with Crippen molar-refractivity contribution in [2.45, 2.75) is 0 Å². The molecule has 3 N–H and O–H groups in total. The van der Waals surface area contributed by atoms with Crippen LogP contribution in [0.4, 0.5) is 5.82 Å². The molecule has 0 fully saturated rings. The molecular formula is C16H11N5O2. The number of nitrogens with zero attached hydrogens (tertiary/aromatic N) is 3. The number of fused-ring (bicyclic) bond motifs is 2. The van der Waals surface area contributed by atoms with E-state index in [2.05, 4.69) is 19.9 Å². The Morgan fingerprint density at radius 2 is 1.91 bits per heavy atom. The highest BCUT2D eigenvalue weighted by molar-refractivity contribution is 5.86. The Balaban J connectivity index is 1.90. The van der Waals surface area contributed by atoms with E-state index in [0.29, 0.717) is 22.7 Å². The highest BCUT2D eigenvalue weighted by Crippen LogP contribution is 2.31. The standard InChI is InChI=1S/C16H11N5O2/c17-14-16(22)20-13-12(6-8-19-15(13)21-14)23-11-5-1-4-10-9(11)3-2-7-18-10/h1-8H,(H,20,22)(H2,17,19,21). The van der Waals surface area contributed by atoms with Crippen molar-refractivity contribution in [2.75, 3.05) is 5.73 Å². The van der Waals surface area contributed by atoms with Crippen LogP contribution < -0.4 is 16.0 Å². The van der Waals surface area contributed by atoms with Crippen LogP contribution in [0.3, 0.4) is 0 Å². The summed E-state index contributed by atoms with van der Waals surface area (Å²) < 4.78 is 5.97. The van der Waals surface area contributed by atoms with Gasteiger partial charge >= 0.3 is 0 Å². The molecule has 4 rings (SSSR count). The number of pyridine rings is 2. The summed E-state index contributed by atoms with van der Waals surface area (Å²) in [5.41, 5.74) is 6.57. The van der Waals surface area contributed by atoms with Gasteiger partial charge in [0, 0.05) is 23.8 Å². The summed E-state index contributed by atoms with van der Waals surface area (Å²) in [6.07, 6.45) is 3.27. The maximum Gasteiger partial charge on any atom is 0.291 e. The van der Waals surface area contributed by atoms with Crippen LogP contribution in [0, 0.1) is 0 Å². The summed E-state index contributed by atoms with van der Waals surface area (Å²) >= 11 is 0. The second-order valence-corrected chi connectivity index (χ2v) is 4.89. The number of H-pyrrole nitrogens is 1. The van der Waals surface area contributed by atoms with Gasteiger partial charge in [0.05, 0.1) is 5.52 Å². The number of aromatic nitrogens is 4. The fourth-order valence-corrected chi connectivity index (χ4v) is 2.35. The zero-order valence-corrected chi connectivity index (χ0v) is 11.9. The van der Waals surface area contributed by atoms with Crippen LogP contribution in [0.25, 0.3) is 22.1 Å². The van der Waals surface area contributed by atoms with Crippen molar-refractivity contribution >= 4 is 27.9 Å². The van der Waals surface area contributed by atoms with Gasteiger partial charge in [0.15, 0.2) is 17.2 Å². The van der Waals surface area contributed by atoms with Crippen molar-refractivity contribution < 1.29 is 4.74 Å². The zero-order valence-electron chi connectivity index (χ0n) is 11.9. The largest absolute Gasteiger partial charge is 0.454 e. The van der Waals surface area contributed by atoms with Crippen LogP contribution in [-0.2, 0) is 0 Å². The van der Waals surface area contributed by atoms with E-state index >= 15 is 0 Å². The predicted molar refractivity (Wildman–Crippen MR) is 86.4 cm³/mol. The van der Waals surface area contributed by atoms with Gasteiger partial charge in [-0.05, 0) is 24.3 Å². The number of anilines is 1. The second-order valence-electron chi connectivity index (χ2n) is 4.89. The van der Waals surface area contributed by atoms with Crippen LogP contribution in [0.1, 0.15) is 0 Å². The summed E-state index contributed by atoms with van der Waals surface area (Å²) in [4.78, 5) is 26.7. The minimum Gasteiger partial charge on any atom is -0.454 e. The quantitative estimate of drug-likeness (QED) is 0.588. The summed E-state index contributed by atoms with van der Waals surface area (Å²) in [6, 6.07) is 11.0. The number of nitrogens with one attached hydrogen (secondary N) is 1. The SMILES string of the molecule is Nc1nc2nccc(Oc3cccc4ncccc34)c2[nH]c1=O. The smallest absolute Gasteiger partial charge is 0.291 e. The third-order valence-electron chi connectivity index (χ3n) is 3.42. The molecule has 0 saturated carbocycles. The summed E-state index contributed by atoms with van der Waals surface area (Å²) in [6.45, 7) is 0. The maximum atomic E-state index is 11.7. The molecule has 3 aromatic heterocycles. The molecule has 0 aliphatic heterocycles. The van der Waals surface area contributed by atoms with Crippen LogP contribution in [0.2, 0.25) is 0 Å². The number of benzene rings is 1. The van der Waals surface area contributed by atoms with E-state index in [1.54, 1.807) is 18.5 Å². The number of aromatic amines is 1. The van der Waals surface area contributed by atoms with Gasteiger partial charge in [0.2, 0.25) is 0 Å². The van der Waals surface area contributed by atoms with E-state index in [-0.39, 0.29) is 5.82 Å². The van der Waals surface area contributed by atoms with Crippen LogP contribution in [-0.4, -0.2) is 19.9 Å². The first-order valence-corrected chi connectivity index (χ1v) is 6.88. The molecule has 1 aromatic carbocycles. The van der Waals surface area contributed by atoms with Crippen LogP contribution in [0.15, 0.2) is 53.6 Å². The van der Waals surface area contributed by atoms with Crippen molar-refractivity contribution in [3.63, 3.8) is 0 Å². The van der Waals surface area contributed by atoms with E-state index in [4.69, 9.17) is 10.5 Å². The topological polar surface area (TPSA) is 107 Å². The molecule has 0 spiro atoms. The van der Waals surface area contributed by atoms with Gasteiger partial charge in [0.25, 0.3) is 5.56 Å². The van der Waals surface area contributed by atoms with Gasteiger partial charge in [-0.25, -0.2) is 9.97 Å². The first kappa shape index (κ1) is 13.2. The number of hydrogen-bond donors (Lipinski definition) is 2. The Kier molecular flexibility index (Phi) is 2.90. The molecule has 0 amide bonds. The average Bonchev–Trinajstić information content (AvgIpc) is 2.57. The molecule has 0 bridgehead atoms. The molecule has 7 heteroatoms. The van der Waals surface area contributed by atoms with E-state index in [9.17, 15) is 4.79 Å². The first-order valence-electron chi connectivity index (χ1n) is 6.88. The average molecular weight is 305 g/mol. The van der Waals surface area contributed by atoms with Gasteiger partial charge in [0.1, 0.15) is 11.3 Å². The molecule has 7 nitrogen and oxygen atoms in total. The van der Waals surface area contributed by atoms with Crippen molar-refractivity contribution in [3.05, 3.63) is 59.1 Å². The fourth-order valence-electron chi connectivity index (χ4n) is 2.35. The molecule has 4 aromatic rings. The fraction of sp³-hybridized carbons (Fsp3) is 0. The minimum absolute atomic E-state index is 0.128. The molecule has 0 aliphatic rings. The third kappa shape index (κ3) is 2.24. The molecule has 112 valence electrons. The highest BCUT2D eigenvalue weighted by Gasteiger charge is 2.10. The van der Waals surface area contributed by atoms with E-state index < -0.39 is 5.56 Å². The van der Waals surface area contributed by atoms with Gasteiger partial charge in [-0.3, -0.25) is 9.78 Å². The van der Waals surface area contributed by atoms with Gasteiger partial charge < -0.3 is 15.5 Å². The predicted octanol–water partition coefficient (Wildman–Crippen LogP) is 2.24. The maximum absolute atomic E-state index is 11.7. The Morgan fingerprint density at radius 1 is 1.00 bits per heavy atom. The number of rotatable bonds is 2. The van der Waals surface area contributed by atoms with Gasteiger partial charge in [-0.1, -0.05) is 6.07 Å². The van der Waals surface area contributed by atoms with Crippen molar-refractivity contribution in [2.24, 2.45) is 0 Å². The van der Waals surface area contributed by atoms with E-state index in [1.165, 1.54) is 0 Å². The molecular weight excluding hydrogens is 294 g/mol. The Labute approximate surface area is 129 Å². The van der Waals surface area contributed by atoms with E-state index in [0.717, 1.165) is 10.9 Å². The Hall–Kier alpha value is -3.48. The van der Waals surface area contributed by atoms with Crippen molar-refractivity contribution in [1.29, 1.82) is 0 Å². The van der Waals surface area contributed by atoms with Crippen molar-refractivity contribution in [3.8, 4) is 11.5 Å². The normalized spacial score (nSPS) is 11.0. The molecule has 0 unspecified atom stereocenters. The molecule has 0 aliphatic carbocycles. The summed E-state index contributed by atoms with van der Waals surface area (Å²) in [5, 5.41) is 0.866. The third-order valence-corrected chi connectivity index (χ3v) is 3.42. The van der Waals surface area contributed by atoms with E-state index in [1.807, 2.05) is 30.3 Å². The number of nitrogen functional groups attached to an aromatic ring is 1. The monoisotopic (exact) mass is 305 g/mol. The molecule has 0 saturated heterocycles. The van der Waals surface area contributed by atoms with Crippen molar-refractivity contribution in [1.82, 2.24) is 19.9 Å². The molecule has 0 atom stereocenters. The van der Waals surface area contributed by atoms with Gasteiger partial charge in [-0.15, -0.1) is 0 Å². The molecule has 3 heterocycles. The number of ether oxygens (including phenoxy) is 1. The Bertz CT molecular complexity index is 1090. The highest BCUT2D eigenvalue weighted by atomic mass is 16.5. The zero-order chi connectivity index (χ0) is 15.8. The van der Waals surface area contributed by atoms with Gasteiger partial charge in [-0.2, -0.15) is 0 Å². The number of nitrogens with two attached hydrogens (primary N) is 1. The molecule has 0 radical (unpaired) electrons. The Morgan fingerprint density at radius 3 is 2.83 bits per heavy atom. The van der Waals surface area contributed by atoms with Crippen LogP contribution in [0.5, 0.6) is 11.5 Å². The second kappa shape index (κ2) is 5.06.